The predicted molar refractivity (Wildman–Crippen MR) is 115 cm³/mol. The Morgan fingerprint density at radius 3 is 2.84 bits per heavy atom. The molecule has 0 radical (unpaired) electrons. The molecule has 0 unspecified atom stereocenters. The molecule has 2 aliphatic carbocycles. The normalized spacial score (nSPS) is 23.7. The fourth-order valence-corrected chi connectivity index (χ4v) is 5.78. The molecule has 4 aromatic rings. The second-order valence-corrected chi connectivity index (χ2v) is 9.49. The van der Waals surface area contributed by atoms with E-state index in [1.165, 1.54) is 25.0 Å². The molecule has 0 spiro atoms. The minimum Gasteiger partial charge on any atom is -0.335 e. The maximum absolute atomic E-state index is 14.8. The van der Waals surface area contributed by atoms with Crippen molar-refractivity contribution in [2.24, 2.45) is 5.92 Å². The Labute approximate surface area is 185 Å². The van der Waals surface area contributed by atoms with Crippen molar-refractivity contribution in [2.75, 3.05) is 11.4 Å². The van der Waals surface area contributed by atoms with Crippen molar-refractivity contribution in [2.45, 2.75) is 30.7 Å². The molecule has 1 aromatic carbocycles. The van der Waals surface area contributed by atoms with Gasteiger partial charge in [0.05, 0.1) is 17.7 Å². The second-order valence-electron chi connectivity index (χ2n) is 8.48. The van der Waals surface area contributed by atoms with Crippen molar-refractivity contribution < 1.29 is 8.78 Å². The van der Waals surface area contributed by atoms with Crippen LogP contribution in [0.3, 0.4) is 0 Å². The highest BCUT2D eigenvalue weighted by atomic mass is 32.1. The monoisotopic (exact) mass is 446 g/mol. The van der Waals surface area contributed by atoms with E-state index in [9.17, 15) is 8.78 Å². The van der Waals surface area contributed by atoms with E-state index in [-0.39, 0.29) is 11.5 Å². The van der Waals surface area contributed by atoms with Crippen LogP contribution in [-0.2, 0) is 5.54 Å². The molecular formula is C23H16F2N6S. The zero-order chi connectivity index (χ0) is 21.4. The lowest BCUT2D eigenvalue weighted by atomic mass is 9.73. The highest BCUT2D eigenvalue weighted by Crippen LogP contribution is 2.50. The summed E-state index contributed by atoms with van der Waals surface area (Å²) in [4.78, 5) is 6.88. The summed E-state index contributed by atoms with van der Waals surface area (Å²) in [5.74, 6) is 6.49. The average molecular weight is 446 g/mol. The lowest BCUT2D eigenvalue weighted by Crippen LogP contribution is -2.49. The van der Waals surface area contributed by atoms with Crippen molar-refractivity contribution in [3.63, 3.8) is 0 Å². The van der Waals surface area contributed by atoms with Crippen molar-refractivity contribution >= 4 is 22.8 Å². The van der Waals surface area contributed by atoms with Crippen LogP contribution in [-0.4, -0.2) is 31.3 Å². The Hall–Kier alpha value is -3.38. The zero-order valence-corrected chi connectivity index (χ0v) is 17.6. The van der Waals surface area contributed by atoms with Crippen LogP contribution in [0.5, 0.6) is 0 Å². The van der Waals surface area contributed by atoms with E-state index in [1.54, 1.807) is 22.0 Å². The molecular weight excluding hydrogens is 430 g/mol. The van der Waals surface area contributed by atoms with E-state index >= 15 is 0 Å². The maximum Gasteiger partial charge on any atom is 0.167 e. The third kappa shape index (κ3) is 2.44. The van der Waals surface area contributed by atoms with Gasteiger partial charge < -0.3 is 4.90 Å². The molecule has 3 aromatic heterocycles. The fraction of sp³-hybridized carbons (Fsp3) is 0.304. The number of nitrogens with zero attached hydrogens (tertiary/aromatic N) is 6. The van der Waals surface area contributed by atoms with Crippen LogP contribution in [0.2, 0.25) is 0 Å². The summed E-state index contributed by atoms with van der Waals surface area (Å²) >= 11 is 1.58. The molecule has 6 nitrogen and oxygen atoms in total. The number of rotatable bonds is 4. The van der Waals surface area contributed by atoms with Gasteiger partial charge in [-0.3, -0.25) is 0 Å². The molecule has 2 fully saturated rings. The van der Waals surface area contributed by atoms with Gasteiger partial charge in [0, 0.05) is 24.2 Å². The van der Waals surface area contributed by atoms with Gasteiger partial charge in [0.25, 0.3) is 0 Å². The molecule has 1 aliphatic heterocycles. The largest absolute Gasteiger partial charge is 0.335 e. The number of halogens is 2. The van der Waals surface area contributed by atoms with E-state index in [2.05, 4.69) is 27.1 Å². The molecule has 7 rings (SSSR count). The number of aromatic nitrogens is 5. The number of anilines is 1. The summed E-state index contributed by atoms with van der Waals surface area (Å²) in [6.45, 7) is 0.637. The quantitative estimate of drug-likeness (QED) is 0.441. The van der Waals surface area contributed by atoms with Gasteiger partial charge in [-0.2, -0.15) is 5.10 Å². The van der Waals surface area contributed by atoms with Crippen LogP contribution in [0.25, 0.3) is 16.2 Å². The topological polar surface area (TPSA) is 59.2 Å². The van der Waals surface area contributed by atoms with E-state index in [0.717, 1.165) is 28.1 Å². The predicted octanol–water partition coefficient (Wildman–Crippen LogP) is 4.14. The first-order valence-corrected chi connectivity index (χ1v) is 11.4. The standard InChI is InChI=1S/C23H16F2N6S/c24-15-3-4-18(25)17(11-15)23-8-5-14(23)6-9-30(23)19-7-10-31-20(27-19)16(12-26-31)22-29-28-21(32-22)13-1-2-13/h3-4,7,10-14H,1-2,6,9H2/t14-,23-/m1/s1. The summed E-state index contributed by atoms with van der Waals surface area (Å²) in [7, 11) is 0. The van der Waals surface area contributed by atoms with E-state index < -0.39 is 17.2 Å². The molecule has 32 heavy (non-hydrogen) atoms. The van der Waals surface area contributed by atoms with Crippen LogP contribution in [0.1, 0.15) is 35.8 Å². The van der Waals surface area contributed by atoms with Crippen molar-refractivity contribution in [3.05, 3.63) is 58.9 Å². The number of hydrogen-bond donors (Lipinski definition) is 0. The highest BCUT2D eigenvalue weighted by molar-refractivity contribution is 7.14. The first-order chi connectivity index (χ1) is 15.6. The second kappa shape index (κ2) is 6.33. The SMILES string of the molecule is Fc1ccc(F)c([C@@]23C#C[C@@H]2CCN3c2ccn3ncc(-c4nnc(C5CC5)s4)c3n2)c1. The number of benzene rings is 1. The third-order valence-corrected chi connectivity index (χ3v) is 7.70. The van der Waals surface area contributed by atoms with E-state index in [0.29, 0.717) is 23.9 Å². The Balaban J connectivity index is 1.34. The van der Waals surface area contributed by atoms with Crippen molar-refractivity contribution in [3.8, 4) is 22.4 Å². The summed E-state index contributed by atoms with van der Waals surface area (Å²) in [6.07, 6.45) is 6.69. The van der Waals surface area contributed by atoms with E-state index in [1.807, 2.05) is 17.2 Å². The minimum atomic E-state index is -0.903. The van der Waals surface area contributed by atoms with Crippen LogP contribution in [0.4, 0.5) is 14.6 Å². The molecule has 4 heterocycles. The van der Waals surface area contributed by atoms with Crippen molar-refractivity contribution in [1.82, 2.24) is 24.8 Å². The first-order valence-electron chi connectivity index (χ1n) is 10.6. The Morgan fingerprint density at radius 1 is 1.12 bits per heavy atom. The van der Waals surface area contributed by atoms with Crippen LogP contribution in [0, 0.1) is 29.4 Å². The lowest BCUT2D eigenvalue weighted by molar-refractivity contribution is 0.429. The molecule has 0 amide bonds. The number of hydrogen-bond acceptors (Lipinski definition) is 6. The van der Waals surface area contributed by atoms with Crippen LogP contribution >= 0.6 is 11.3 Å². The maximum atomic E-state index is 14.8. The Morgan fingerprint density at radius 2 is 2.03 bits per heavy atom. The van der Waals surface area contributed by atoms with Gasteiger partial charge in [0.1, 0.15) is 28.0 Å². The van der Waals surface area contributed by atoms with Gasteiger partial charge in [-0.1, -0.05) is 23.2 Å². The number of fused-ring (bicyclic) bond motifs is 2. The average Bonchev–Trinajstić information content (AvgIpc) is 3.26. The molecule has 0 bridgehead atoms. The minimum absolute atomic E-state index is 0.0644. The van der Waals surface area contributed by atoms with Gasteiger partial charge in [-0.15, -0.1) is 10.2 Å². The van der Waals surface area contributed by atoms with Gasteiger partial charge >= 0.3 is 0 Å². The van der Waals surface area contributed by atoms with Crippen LogP contribution < -0.4 is 4.90 Å². The Kier molecular flexibility index (Phi) is 3.60. The van der Waals surface area contributed by atoms with Gasteiger partial charge in [-0.05, 0) is 43.5 Å². The van der Waals surface area contributed by atoms with Gasteiger partial charge in [-0.25, -0.2) is 18.3 Å². The smallest absolute Gasteiger partial charge is 0.167 e. The van der Waals surface area contributed by atoms with Crippen LogP contribution in [0.15, 0.2) is 36.7 Å². The molecule has 1 saturated carbocycles. The van der Waals surface area contributed by atoms with Crippen molar-refractivity contribution in [1.29, 1.82) is 0 Å². The Bertz CT molecular complexity index is 1460. The molecule has 3 aliphatic rings. The first kappa shape index (κ1) is 18.2. The summed E-state index contributed by atoms with van der Waals surface area (Å²) in [5.41, 5.74) is 0.844. The van der Waals surface area contributed by atoms with Gasteiger partial charge in [0.15, 0.2) is 10.7 Å². The third-order valence-electron chi connectivity index (χ3n) is 6.58. The van der Waals surface area contributed by atoms with E-state index in [4.69, 9.17) is 4.98 Å². The van der Waals surface area contributed by atoms with Gasteiger partial charge in [0.2, 0.25) is 0 Å². The molecule has 0 N–H and O–H groups in total. The zero-order valence-electron chi connectivity index (χ0n) is 16.8. The summed E-state index contributed by atoms with van der Waals surface area (Å²) in [5, 5.41) is 15.0. The summed E-state index contributed by atoms with van der Waals surface area (Å²) < 4.78 is 30.6. The molecule has 9 heteroatoms. The lowest BCUT2D eigenvalue weighted by Gasteiger charge is -2.41. The fourth-order valence-electron chi connectivity index (χ4n) is 4.77. The molecule has 158 valence electrons. The molecule has 2 atom stereocenters. The molecule has 1 saturated heterocycles. The summed E-state index contributed by atoms with van der Waals surface area (Å²) in [6, 6.07) is 5.42. The highest BCUT2D eigenvalue weighted by Gasteiger charge is 2.54.